The van der Waals surface area contributed by atoms with E-state index in [-0.39, 0.29) is 30.6 Å². The van der Waals surface area contributed by atoms with Crippen molar-refractivity contribution in [3.8, 4) is 0 Å². The highest BCUT2D eigenvalue weighted by Crippen LogP contribution is 2.22. The van der Waals surface area contributed by atoms with Crippen molar-refractivity contribution in [3.63, 3.8) is 0 Å². The van der Waals surface area contributed by atoms with Gasteiger partial charge >= 0.3 is 0 Å². The Hall–Kier alpha value is -3.43. The van der Waals surface area contributed by atoms with Crippen molar-refractivity contribution in [1.82, 2.24) is 10.2 Å². The summed E-state index contributed by atoms with van der Waals surface area (Å²) >= 11 is 6.20. The third kappa shape index (κ3) is 8.80. The number of amides is 2. The van der Waals surface area contributed by atoms with E-state index in [0.29, 0.717) is 17.0 Å². The molecule has 0 aliphatic heterocycles. The first-order valence-corrected chi connectivity index (χ1v) is 14.8. The second kappa shape index (κ2) is 13.6. The predicted octanol–water partition coefficient (Wildman–Crippen LogP) is 4.80. The molecule has 0 bridgehead atoms. The van der Waals surface area contributed by atoms with Gasteiger partial charge in [-0.3, -0.25) is 13.9 Å². The van der Waals surface area contributed by atoms with Gasteiger partial charge in [0.1, 0.15) is 18.4 Å². The molecule has 3 aromatic rings. The van der Waals surface area contributed by atoms with E-state index in [2.05, 4.69) is 5.32 Å². The topological polar surface area (TPSA) is 86.8 Å². The number of rotatable bonds is 12. The number of nitrogens with one attached hydrogen (secondary N) is 1. The summed E-state index contributed by atoms with van der Waals surface area (Å²) in [5.41, 5.74) is 1.51. The smallest absolute Gasteiger partial charge is 0.244 e. The molecule has 7 nitrogen and oxygen atoms in total. The number of anilines is 1. The number of nitrogens with zero attached hydrogens (tertiary/aromatic N) is 2. The van der Waals surface area contributed by atoms with E-state index >= 15 is 0 Å². The van der Waals surface area contributed by atoms with E-state index in [1.165, 1.54) is 23.1 Å². The van der Waals surface area contributed by atoms with Crippen LogP contribution in [0.15, 0.2) is 78.9 Å². The molecule has 0 aliphatic rings. The molecule has 1 N–H and O–H groups in total. The molecule has 0 unspecified atom stereocenters. The maximum atomic E-state index is 14.0. The first kappa shape index (κ1) is 30.1. The highest BCUT2D eigenvalue weighted by atomic mass is 35.5. The first-order valence-electron chi connectivity index (χ1n) is 12.6. The van der Waals surface area contributed by atoms with Gasteiger partial charge in [-0.2, -0.15) is 0 Å². The fourth-order valence-electron chi connectivity index (χ4n) is 4.07. The monoisotopic (exact) mass is 573 g/mol. The summed E-state index contributed by atoms with van der Waals surface area (Å²) in [5, 5.41) is 3.42. The number of carbonyl (C=O) groups excluding carboxylic acids is 2. The minimum Gasteiger partial charge on any atom is -0.352 e. The fourth-order valence-corrected chi connectivity index (χ4v) is 5.13. The molecule has 0 saturated carbocycles. The second-order valence-corrected chi connectivity index (χ2v) is 11.8. The zero-order chi connectivity index (χ0) is 28.6. The molecule has 0 saturated heterocycles. The first-order chi connectivity index (χ1) is 18.5. The van der Waals surface area contributed by atoms with Crippen LogP contribution < -0.4 is 9.62 Å². The molecule has 0 radical (unpaired) electrons. The molecular formula is C29H33ClFN3O4S. The summed E-state index contributed by atoms with van der Waals surface area (Å²) in [6.07, 6.45) is 1.84. The molecule has 0 heterocycles. The summed E-state index contributed by atoms with van der Waals surface area (Å²) in [6.45, 7) is 3.20. The second-order valence-electron chi connectivity index (χ2n) is 9.42. The van der Waals surface area contributed by atoms with E-state index in [1.807, 2.05) is 44.2 Å². The Kier molecular flexibility index (Phi) is 10.5. The normalized spacial score (nSPS) is 12.8. The van der Waals surface area contributed by atoms with Crippen LogP contribution in [-0.4, -0.2) is 50.0 Å². The minimum atomic E-state index is -3.97. The Morgan fingerprint density at radius 1 is 0.974 bits per heavy atom. The maximum Gasteiger partial charge on any atom is 0.244 e. The highest BCUT2D eigenvalue weighted by molar-refractivity contribution is 7.92. The SMILES string of the molecule is CC[C@@H](C)NC(=O)[C@H](Cc1ccccc1)N(Cc1cccc(Cl)c1)C(=O)CN(c1cccc(F)c1)S(C)(=O)=O. The van der Waals surface area contributed by atoms with Gasteiger partial charge in [-0.1, -0.05) is 67.1 Å². The zero-order valence-corrected chi connectivity index (χ0v) is 23.8. The van der Waals surface area contributed by atoms with Crippen LogP contribution >= 0.6 is 11.6 Å². The van der Waals surface area contributed by atoms with Crippen LogP contribution in [0.5, 0.6) is 0 Å². The van der Waals surface area contributed by atoms with Gasteiger partial charge in [0.05, 0.1) is 11.9 Å². The fraction of sp³-hybridized carbons (Fsp3) is 0.310. The molecule has 0 aliphatic carbocycles. The minimum absolute atomic E-state index is 0.00553. The average molecular weight is 574 g/mol. The molecule has 2 amide bonds. The van der Waals surface area contributed by atoms with Crippen LogP contribution in [-0.2, 0) is 32.6 Å². The van der Waals surface area contributed by atoms with Gasteiger partial charge in [-0.25, -0.2) is 12.8 Å². The van der Waals surface area contributed by atoms with E-state index in [4.69, 9.17) is 11.6 Å². The van der Waals surface area contributed by atoms with Crippen LogP contribution in [0.3, 0.4) is 0 Å². The van der Waals surface area contributed by atoms with Crippen LogP contribution in [0, 0.1) is 5.82 Å². The van der Waals surface area contributed by atoms with E-state index in [1.54, 1.807) is 24.3 Å². The van der Waals surface area contributed by atoms with Gasteiger partial charge in [0, 0.05) is 24.0 Å². The standard InChI is InChI=1S/C29H33ClFN3O4S/c1-4-21(2)32-29(36)27(17-22-10-6-5-7-11-22)33(19-23-12-8-13-24(30)16-23)28(35)20-34(39(3,37)38)26-15-9-14-25(31)18-26/h5-16,18,21,27H,4,17,19-20H2,1-3H3,(H,32,36)/t21-,27+/m1/s1. The Balaban J connectivity index is 2.06. The van der Waals surface area contributed by atoms with Crippen molar-refractivity contribution in [2.75, 3.05) is 17.1 Å². The van der Waals surface area contributed by atoms with Crippen molar-refractivity contribution >= 4 is 39.1 Å². The predicted molar refractivity (Wildman–Crippen MR) is 152 cm³/mol. The molecule has 3 rings (SSSR count). The summed E-state index contributed by atoms with van der Waals surface area (Å²) in [7, 11) is -3.97. The van der Waals surface area contributed by atoms with E-state index < -0.39 is 34.3 Å². The number of benzene rings is 3. The van der Waals surface area contributed by atoms with Crippen LogP contribution in [0.25, 0.3) is 0 Å². The summed E-state index contributed by atoms with van der Waals surface area (Å²) < 4.78 is 40.3. The number of hydrogen-bond acceptors (Lipinski definition) is 4. The van der Waals surface area contributed by atoms with Crippen LogP contribution in [0.1, 0.15) is 31.4 Å². The molecule has 0 aromatic heterocycles. The highest BCUT2D eigenvalue weighted by Gasteiger charge is 2.33. The van der Waals surface area contributed by atoms with Crippen molar-refractivity contribution in [1.29, 1.82) is 0 Å². The Morgan fingerprint density at radius 2 is 1.64 bits per heavy atom. The Bertz CT molecular complexity index is 1390. The quantitative estimate of drug-likeness (QED) is 0.337. The van der Waals surface area contributed by atoms with Crippen molar-refractivity contribution in [2.45, 2.75) is 45.3 Å². The molecule has 208 valence electrons. The van der Waals surface area contributed by atoms with Crippen molar-refractivity contribution in [2.24, 2.45) is 0 Å². The third-order valence-corrected chi connectivity index (χ3v) is 7.67. The zero-order valence-electron chi connectivity index (χ0n) is 22.2. The lowest BCUT2D eigenvalue weighted by atomic mass is 10.0. The lowest BCUT2D eigenvalue weighted by Crippen LogP contribution is -2.54. The molecule has 0 fully saturated rings. The van der Waals surface area contributed by atoms with Crippen molar-refractivity contribution < 1.29 is 22.4 Å². The van der Waals surface area contributed by atoms with E-state index in [9.17, 15) is 22.4 Å². The molecular weight excluding hydrogens is 541 g/mol. The Morgan fingerprint density at radius 3 is 2.26 bits per heavy atom. The number of sulfonamides is 1. The number of carbonyl (C=O) groups is 2. The number of hydrogen-bond donors (Lipinski definition) is 1. The van der Waals surface area contributed by atoms with Gasteiger partial charge in [0.25, 0.3) is 0 Å². The lowest BCUT2D eigenvalue weighted by molar-refractivity contribution is -0.140. The van der Waals surface area contributed by atoms with Gasteiger partial charge in [0.15, 0.2) is 0 Å². The van der Waals surface area contributed by atoms with Gasteiger partial charge < -0.3 is 10.2 Å². The maximum absolute atomic E-state index is 14.0. The lowest BCUT2D eigenvalue weighted by Gasteiger charge is -2.34. The summed E-state index contributed by atoms with van der Waals surface area (Å²) in [4.78, 5) is 28.9. The van der Waals surface area contributed by atoms with Gasteiger partial charge in [-0.15, -0.1) is 0 Å². The Labute approximate surface area is 234 Å². The summed E-state index contributed by atoms with van der Waals surface area (Å²) in [5.74, 6) is -1.62. The van der Waals surface area contributed by atoms with Crippen molar-refractivity contribution in [3.05, 3.63) is 101 Å². The van der Waals surface area contributed by atoms with Gasteiger partial charge in [-0.05, 0) is 54.8 Å². The molecule has 2 atom stereocenters. The third-order valence-electron chi connectivity index (χ3n) is 6.29. The largest absolute Gasteiger partial charge is 0.352 e. The van der Waals surface area contributed by atoms with Crippen LogP contribution in [0.4, 0.5) is 10.1 Å². The summed E-state index contributed by atoms with van der Waals surface area (Å²) in [6, 6.07) is 20.1. The average Bonchev–Trinajstić information content (AvgIpc) is 2.89. The van der Waals surface area contributed by atoms with Crippen LogP contribution in [0.2, 0.25) is 5.02 Å². The molecule has 10 heteroatoms. The molecule has 3 aromatic carbocycles. The van der Waals surface area contributed by atoms with E-state index in [0.717, 1.165) is 22.2 Å². The molecule has 39 heavy (non-hydrogen) atoms. The number of halogens is 2. The molecule has 0 spiro atoms. The van der Waals surface area contributed by atoms with Gasteiger partial charge in [0.2, 0.25) is 21.8 Å².